The Morgan fingerprint density at radius 3 is 2.89 bits per heavy atom. The molecule has 0 amide bonds. The number of rotatable bonds is 4. The molecule has 0 radical (unpaired) electrons. The molecular formula is C12H11ClFN3O. The molecule has 6 heteroatoms. The third-order valence-electron chi connectivity index (χ3n) is 2.27. The second-order valence-corrected chi connectivity index (χ2v) is 3.97. The van der Waals surface area contributed by atoms with Crippen molar-refractivity contribution in [2.45, 2.75) is 6.61 Å². The first-order valence-corrected chi connectivity index (χ1v) is 5.56. The Balaban J connectivity index is 2.04. The van der Waals surface area contributed by atoms with Gasteiger partial charge in [0.25, 0.3) is 0 Å². The highest BCUT2D eigenvalue weighted by molar-refractivity contribution is 6.30. The topological polar surface area (TPSA) is 60.2 Å². The molecule has 0 saturated heterocycles. The van der Waals surface area contributed by atoms with Gasteiger partial charge in [-0.2, -0.15) is 0 Å². The lowest BCUT2D eigenvalue weighted by Crippen LogP contribution is -2.09. The minimum Gasteiger partial charge on any atom is -0.489 e. The molecule has 0 atom stereocenters. The standard InChI is InChI=1S/C12H11ClFN3O/c13-10-2-1-9(6-11(10)14)18-7-8-3-4-16-12(5-8)17-15/h1-6H,7,15H2,(H,16,17). The van der Waals surface area contributed by atoms with E-state index in [2.05, 4.69) is 10.4 Å². The summed E-state index contributed by atoms with van der Waals surface area (Å²) in [6, 6.07) is 7.82. The van der Waals surface area contributed by atoms with E-state index < -0.39 is 5.82 Å². The van der Waals surface area contributed by atoms with Gasteiger partial charge in [-0.3, -0.25) is 0 Å². The summed E-state index contributed by atoms with van der Waals surface area (Å²) in [4.78, 5) is 3.97. The Kier molecular flexibility index (Phi) is 3.96. The second kappa shape index (κ2) is 5.66. The van der Waals surface area contributed by atoms with Gasteiger partial charge in [0, 0.05) is 12.3 Å². The molecule has 0 fully saturated rings. The normalized spacial score (nSPS) is 10.2. The van der Waals surface area contributed by atoms with Crippen molar-refractivity contribution in [2.24, 2.45) is 5.84 Å². The summed E-state index contributed by atoms with van der Waals surface area (Å²) in [7, 11) is 0. The fourth-order valence-electron chi connectivity index (χ4n) is 1.38. The van der Waals surface area contributed by atoms with Crippen molar-refractivity contribution in [1.82, 2.24) is 4.98 Å². The van der Waals surface area contributed by atoms with Gasteiger partial charge in [-0.15, -0.1) is 0 Å². The smallest absolute Gasteiger partial charge is 0.145 e. The molecule has 0 bridgehead atoms. The van der Waals surface area contributed by atoms with Crippen LogP contribution < -0.4 is 16.0 Å². The molecule has 0 aliphatic carbocycles. The van der Waals surface area contributed by atoms with Crippen LogP contribution in [0.15, 0.2) is 36.5 Å². The fourth-order valence-corrected chi connectivity index (χ4v) is 1.49. The van der Waals surface area contributed by atoms with E-state index >= 15 is 0 Å². The quantitative estimate of drug-likeness (QED) is 0.661. The van der Waals surface area contributed by atoms with Crippen molar-refractivity contribution < 1.29 is 9.13 Å². The van der Waals surface area contributed by atoms with Crippen LogP contribution in [-0.2, 0) is 6.61 Å². The van der Waals surface area contributed by atoms with Crippen LogP contribution in [0, 0.1) is 5.82 Å². The van der Waals surface area contributed by atoms with Gasteiger partial charge in [-0.1, -0.05) is 11.6 Å². The van der Waals surface area contributed by atoms with Crippen LogP contribution in [0.2, 0.25) is 5.02 Å². The highest BCUT2D eigenvalue weighted by Crippen LogP contribution is 2.21. The Bertz CT molecular complexity index is 551. The molecule has 2 aromatic rings. The Hall–Kier alpha value is -1.85. The average molecular weight is 268 g/mol. The van der Waals surface area contributed by atoms with Gasteiger partial charge in [0.1, 0.15) is 24.0 Å². The first-order valence-electron chi connectivity index (χ1n) is 5.18. The van der Waals surface area contributed by atoms with Gasteiger partial charge >= 0.3 is 0 Å². The number of nitrogens with zero attached hydrogens (tertiary/aromatic N) is 1. The number of hydrazine groups is 1. The number of pyridine rings is 1. The lowest BCUT2D eigenvalue weighted by Gasteiger charge is -2.07. The fraction of sp³-hybridized carbons (Fsp3) is 0.0833. The minimum absolute atomic E-state index is 0.0703. The van der Waals surface area contributed by atoms with Gasteiger partial charge in [-0.05, 0) is 29.8 Å². The van der Waals surface area contributed by atoms with E-state index in [1.807, 2.05) is 0 Å². The molecule has 1 heterocycles. The minimum atomic E-state index is -0.506. The second-order valence-electron chi connectivity index (χ2n) is 3.56. The van der Waals surface area contributed by atoms with Gasteiger partial charge in [0.2, 0.25) is 0 Å². The summed E-state index contributed by atoms with van der Waals surface area (Å²) in [5.74, 6) is 5.69. The molecule has 0 aliphatic rings. The van der Waals surface area contributed by atoms with Gasteiger partial charge in [0.15, 0.2) is 0 Å². The van der Waals surface area contributed by atoms with Crippen molar-refractivity contribution in [3.63, 3.8) is 0 Å². The van der Waals surface area contributed by atoms with Crippen molar-refractivity contribution in [2.75, 3.05) is 5.43 Å². The van der Waals surface area contributed by atoms with Crippen molar-refractivity contribution >= 4 is 17.4 Å². The van der Waals surface area contributed by atoms with E-state index in [-0.39, 0.29) is 11.6 Å². The zero-order valence-corrected chi connectivity index (χ0v) is 10.1. The van der Waals surface area contributed by atoms with E-state index in [0.717, 1.165) is 5.56 Å². The summed E-state index contributed by atoms with van der Waals surface area (Å²) >= 11 is 5.58. The van der Waals surface area contributed by atoms with Gasteiger partial charge in [-0.25, -0.2) is 15.2 Å². The number of aromatic nitrogens is 1. The molecule has 0 unspecified atom stereocenters. The molecule has 4 nitrogen and oxygen atoms in total. The molecule has 94 valence electrons. The Morgan fingerprint density at radius 1 is 1.33 bits per heavy atom. The maximum atomic E-state index is 13.2. The van der Waals surface area contributed by atoms with E-state index in [9.17, 15) is 4.39 Å². The molecule has 1 aromatic heterocycles. The molecule has 0 aliphatic heterocycles. The van der Waals surface area contributed by atoms with E-state index in [4.69, 9.17) is 22.2 Å². The highest BCUT2D eigenvalue weighted by atomic mass is 35.5. The van der Waals surface area contributed by atoms with Crippen LogP contribution in [0.3, 0.4) is 0 Å². The monoisotopic (exact) mass is 267 g/mol. The third-order valence-corrected chi connectivity index (χ3v) is 2.58. The van der Waals surface area contributed by atoms with E-state index in [1.165, 1.54) is 12.1 Å². The van der Waals surface area contributed by atoms with Crippen molar-refractivity contribution in [1.29, 1.82) is 0 Å². The number of anilines is 1. The zero-order valence-electron chi connectivity index (χ0n) is 9.36. The first-order chi connectivity index (χ1) is 8.69. The van der Waals surface area contributed by atoms with Crippen LogP contribution in [0.4, 0.5) is 10.2 Å². The zero-order chi connectivity index (χ0) is 13.0. The number of benzene rings is 1. The van der Waals surface area contributed by atoms with Crippen LogP contribution >= 0.6 is 11.6 Å². The molecule has 2 rings (SSSR count). The number of hydrogen-bond acceptors (Lipinski definition) is 4. The number of nitrogen functional groups attached to an aromatic ring is 1. The highest BCUT2D eigenvalue weighted by Gasteiger charge is 2.02. The number of ether oxygens (including phenoxy) is 1. The molecule has 0 saturated carbocycles. The predicted molar refractivity (Wildman–Crippen MR) is 67.8 cm³/mol. The van der Waals surface area contributed by atoms with Crippen molar-refractivity contribution in [3.8, 4) is 5.75 Å². The van der Waals surface area contributed by atoms with Crippen LogP contribution in [0.1, 0.15) is 5.56 Å². The average Bonchev–Trinajstić information content (AvgIpc) is 2.40. The molecule has 3 N–H and O–H groups in total. The first kappa shape index (κ1) is 12.6. The predicted octanol–water partition coefficient (Wildman–Crippen LogP) is 2.74. The summed E-state index contributed by atoms with van der Waals surface area (Å²) in [5.41, 5.74) is 3.31. The maximum Gasteiger partial charge on any atom is 0.145 e. The molecule has 18 heavy (non-hydrogen) atoms. The lowest BCUT2D eigenvalue weighted by atomic mass is 10.3. The number of nitrogens with two attached hydrogens (primary N) is 1. The Labute approximate surface area is 109 Å². The van der Waals surface area contributed by atoms with Gasteiger partial charge < -0.3 is 10.2 Å². The largest absolute Gasteiger partial charge is 0.489 e. The number of nitrogens with one attached hydrogen (secondary N) is 1. The summed E-state index contributed by atoms with van der Waals surface area (Å²) in [6.07, 6.45) is 1.61. The SMILES string of the molecule is NNc1cc(COc2ccc(Cl)c(F)c2)ccn1. The van der Waals surface area contributed by atoms with E-state index in [1.54, 1.807) is 24.4 Å². The summed E-state index contributed by atoms with van der Waals surface area (Å²) in [6.45, 7) is 0.290. The summed E-state index contributed by atoms with van der Waals surface area (Å²) in [5, 5.41) is 0.0703. The molecule has 0 spiro atoms. The third kappa shape index (κ3) is 3.09. The van der Waals surface area contributed by atoms with Crippen LogP contribution in [0.25, 0.3) is 0 Å². The van der Waals surface area contributed by atoms with Crippen LogP contribution in [-0.4, -0.2) is 4.98 Å². The molecule has 1 aromatic carbocycles. The van der Waals surface area contributed by atoms with Gasteiger partial charge in [0.05, 0.1) is 5.02 Å². The van der Waals surface area contributed by atoms with E-state index in [0.29, 0.717) is 11.6 Å². The maximum absolute atomic E-state index is 13.2. The number of halogens is 2. The molecular weight excluding hydrogens is 257 g/mol. The lowest BCUT2D eigenvalue weighted by molar-refractivity contribution is 0.304. The van der Waals surface area contributed by atoms with Crippen molar-refractivity contribution in [3.05, 3.63) is 52.9 Å². The number of hydrogen-bond donors (Lipinski definition) is 2. The van der Waals surface area contributed by atoms with Crippen LogP contribution in [0.5, 0.6) is 5.75 Å². The Morgan fingerprint density at radius 2 is 2.17 bits per heavy atom. The summed E-state index contributed by atoms with van der Waals surface area (Å²) < 4.78 is 18.6.